The molecule has 0 radical (unpaired) electrons. The van der Waals surface area contributed by atoms with Crippen molar-refractivity contribution in [2.75, 3.05) is 0 Å². The van der Waals surface area contributed by atoms with Gasteiger partial charge in [0.2, 0.25) is 0 Å². The number of halogens is 2. The average Bonchev–Trinajstić information content (AvgIpc) is 3.12. The Labute approximate surface area is 348 Å². The van der Waals surface area contributed by atoms with Crippen molar-refractivity contribution in [2.24, 2.45) is 0 Å². The number of aromatic nitrogens is 4. The van der Waals surface area contributed by atoms with E-state index in [-0.39, 0.29) is 19.5 Å². The van der Waals surface area contributed by atoms with E-state index in [1.807, 2.05) is 36.7 Å². The molecule has 0 aromatic carbocycles. The Bertz CT molecular complexity index is 1430. The van der Waals surface area contributed by atoms with Crippen LogP contribution in [0.2, 0.25) is 0 Å². The second-order valence-electron chi connectivity index (χ2n) is 11.7. The maximum absolute atomic E-state index is 7.13. The van der Waals surface area contributed by atoms with Gasteiger partial charge in [0.05, 0.1) is 22.8 Å². The number of aryl methyl sites for hydroxylation is 2. The second kappa shape index (κ2) is 33.4. The van der Waals surface area contributed by atoms with Gasteiger partial charge >= 0.3 is 19.5 Å². The number of rotatable bonds is 18. The van der Waals surface area contributed by atoms with Gasteiger partial charge in [-0.05, 0) is 85.3 Å². The topological polar surface area (TPSA) is 99.1 Å². The molecule has 274 valence electrons. The molecule has 0 N–H and O–H groups in total. The zero-order chi connectivity index (χ0) is 36.7. The van der Waals surface area contributed by atoms with Crippen molar-refractivity contribution in [1.29, 1.82) is 10.5 Å². The predicted octanol–water partition coefficient (Wildman–Crippen LogP) is 12.4. The van der Waals surface area contributed by atoms with Gasteiger partial charge < -0.3 is 25.3 Å². The van der Waals surface area contributed by atoms with Crippen molar-refractivity contribution in [3.63, 3.8) is 0 Å². The first-order valence-electron chi connectivity index (χ1n) is 17.6. The maximum atomic E-state index is 7.13. The average molecular weight is 940 g/mol. The number of hydrogen-bond acceptors (Lipinski definition) is 8. The SMILES string of the molecule is Brc1ccnc(-c2cc(Br)ccn2)c1.CCCCCCCCCc1ccnc(-c2cc(CCCCCCCCC)ccn2)c1.N#C[S-].N#C[S-].[Ru+2]. The molecule has 11 heteroatoms. The summed E-state index contributed by atoms with van der Waals surface area (Å²) in [6, 6.07) is 16.5. The molecule has 4 heterocycles. The van der Waals surface area contributed by atoms with Gasteiger partial charge in [0, 0.05) is 33.7 Å². The number of nitriles is 2. The molecule has 0 atom stereocenters. The Morgan fingerprint density at radius 1 is 0.490 bits per heavy atom. The van der Waals surface area contributed by atoms with Crippen LogP contribution in [0.25, 0.3) is 22.8 Å². The minimum absolute atomic E-state index is 0. The summed E-state index contributed by atoms with van der Waals surface area (Å²) in [5.41, 5.74) is 6.57. The molecule has 0 aliphatic rings. The maximum Gasteiger partial charge on any atom is 2.00 e. The molecule has 0 aliphatic carbocycles. The zero-order valence-electron chi connectivity index (χ0n) is 29.9. The summed E-state index contributed by atoms with van der Waals surface area (Å²) in [6.07, 6.45) is 28.7. The zero-order valence-corrected chi connectivity index (χ0v) is 36.4. The fourth-order valence-corrected chi connectivity index (χ4v) is 5.87. The summed E-state index contributed by atoms with van der Waals surface area (Å²) in [4.78, 5) is 17.7. The second-order valence-corrected chi connectivity index (χ2v) is 13.9. The fraction of sp³-hybridized carbons (Fsp3) is 0.450. The Morgan fingerprint density at radius 3 is 1.08 bits per heavy atom. The predicted molar refractivity (Wildman–Crippen MR) is 220 cm³/mol. The van der Waals surface area contributed by atoms with E-state index in [0.29, 0.717) is 0 Å². The summed E-state index contributed by atoms with van der Waals surface area (Å²) < 4.78 is 2.01. The number of nitrogens with zero attached hydrogens (tertiary/aromatic N) is 6. The van der Waals surface area contributed by atoms with Gasteiger partial charge in [0.1, 0.15) is 0 Å². The van der Waals surface area contributed by atoms with Crippen molar-refractivity contribution >= 4 is 57.1 Å². The van der Waals surface area contributed by atoms with Crippen molar-refractivity contribution in [1.82, 2.24) is 19.9 Å². The van der Waals surface area contributed by atoms with Gasteiger partial charge in [0.15, 0.2) is 0 Å². The summed E-state index contributed by atoms with van der Waals surface area (Å²) in [5.74, 6) is 0. The Morgan fingerprint density at radius 2 is 0.765 bits per heavy atom. The molecule has 0 spiro atoms. The van der Waals surface area contributed by atoms with E-state index >= 15 is 0 Å². The Hall–Kier alpha value is -2.40. The molecule has 0 amide bonds. The monoisotopic (exact) mass is 938 g/mol. The molecule has 0 aliphatic heterocycles. The van der Waals surface area contributed by atoms with Crippen molar-refractivity contribution < 1.29 is 19.5 Å². The first-order chi connectivity index (χ1) is 24.4. The molecule has 6 nitrogen and oxygen atoms in total. The molecule has 0 saturated heterocycles. The van der Waals surface area contributed by atoms with Gasteiger partial charge in [-0.15, -0.1) is 0 Å². The van der Waals surface area contributed by atoms with Crippen LogP contribution in [0.1, 0.15) is 115 Å². The third-order valence-electron chi connectivity index (χ3n) is 7.76. The molecule has 0 bridgehead atoms. The van der Waals surface area contributed by atoms with E-state index in [1.54, 1.807) is 12.4 Å². The van der Waals surface area contributed by atoms with Crippen LogP contribution >= 0.6 is 31.9 Å². The standard InChI is InChI=1S/C28H44N2.C10H6Br2N2.2CHNS.Ru/c1-3-5-7-9-11-13-15-17-25-19-21-29-27(23-25)28-24-26(20-22-30-28)18-16-14-12-10-8-6-4-2;11-7-1-3-13-9(5-7)10-6-8(12)2-4-14-10;2*2-1-3;/h19-24H,3-18H2,1-2H3;1-6H;2*3H;/q;;;;+2/p-2. The number of pyridine rings is 4. The van der Waals surface area contributed by atoms with E-state index in [0.717, 1.165) is 44.6 Å². The molecular weight excluding hydrogens is 889 g/mol. The Kier molecular flexibility index (Phi) is 31.9. The summed E-state index contributed by atoms with van der Waals surface area (Å²) in [5, 5.41) is 16.9. The van der Waals surface area contributed by atoms with E-state index in [2.05, 4.69) is 115 Å². The summed E-state index contributed by atoms with van der Waals surface area (Å²) in [6.45, 7) is 4.56. The van der Waals surface area contributed by atoms with Crippen molar-refractivity contribution in [2.45, 2.75) is 117 Å². The van der Waals surface area contributed by atoms with Gasteiger partial charge in [-0.1, -0.05) is 134 Å². The summed E-state index contributed by atoms with van der Waals surface area (Å²) >= 11 is 14.2. The van der Waals surface area contributed by atoms with Crippen LogP contribution in [0.3, 0.4) is 0 Å². The normalized spacial score (nSPS) is 9.61. The Balaban J connectivity index is 0.000000982. The van der Waals surface area contributed by atoms with Crippen LogP contribution in [-0.4, -0.2) is 19.9 Å². The summed E-state index contributed by atoms with van der Waals surface area (Å²) in [7, 11) is 0. The number of thiocyanates is 2. The number of hydrogen-bond donors (Lipinski definition) is 0. The smallest absolute Gasteiger partial charge is 0.696 e. The van der Waals surface area contributed by atoms with Crippen LogP contribution in [0.15, 0.2) is 82.3 Å². The third-order valence-corrected chi connectivity index (χ3v) is 8.74. The molecule has 4 rings (SSSR count). The molecule has 0 saturated carbocycles. The van der Waals surface area contributed by atoms with Crippen LogP contribution in [-0.2, 0) is 57.6 Å². The first-order valence-corrected chi connectivity index (χ1v) is 20.0. The number of unbranched alkanes of at least 4 members (excludes halogenated alkanes) is 12. The minimum Gasteiger partial charge on any atom is -0.696 e. The van der Waals surface area contributed by atoms with Crippen LogP contribution in [0.5, 0.6) is 0 Å². The van der Waals surface area contributed by atoms with E-state index in [4.69, 9.17) is 10.5 Å². The molecule has 4 aromatic rings. The molecule has 0 unspecified atom stereocenters. The van der Waals surface area contributed by atoms with Gasteiger partial charge in [0.25, 0.3) is 0 Å². The molecule has 51 heavy (non-hydrogen) atoms. The molecule has 0 fully saturated rings. The molecular formula is C40H50Br2N6RuS2. The van der Waals surface area contributed by atoms with Crippen molar-refractivity contribution in [3.05, 3.63) is 93.4 Å². The van der Waals surface area contributed by atoms with E-state index < -0.39 is 0 Å². The minimum atomic E-state index is 0. The molecule has 4 aromatic heterocycles. The largest absolute Gasteiger partial charge is 2.00 e. The van der Waals surface area contributed by atoms with Crippen LogP contribution in [0.4, 0.5) is 0 Å². The van der Waals surface area contributed by atoms with E-state index in [1.165, 1.54) is 112 Å². The van der Waals surface area contributed by atoms with E-state index in [9.17, 15) is 0 Å². The van der Waals surface area contributed by atoms with Crippen LogP contribution < -0.4 is 0 Å². The van der Waals surface area contributed by atoms with Gasteiger partial charge in [-0.2, -0.15) is 0 Å². The van der Waals surface area contributed by atoms with Crippen molar-refractivity contribution in [3.8, 4) is 33.6 Å². The fourth-order valence-electron chi connectivity index (χ4n) is 5.20. The van der Waals surface area contributed by atoms with Crippen LogP contribution in [0, 0.1) is 21.3 Å². The first kappa shape index (κ1) is 48.6. The van der Waals surface area contributed by atoms with Gasteiger partial charge in [-0.25, -0.2) is 10.5 Å². The quantitative estimate of drug-likeness (QED) is 0.0421. The van der Waals surface area contributed by atoms with Gasteiger partial charge in [-0.3, -0.25) is 19.9 Å². The third kappa shape index (κ3) is 24.5.